The van der Waals surface area contributed by atoms with Gasteiger partial charge in [-0.15, -0.1) is 0 Å². The minimum atomic E-state index is 0.224. The molecule has 13 heavy (non-hydrogen) atoms. The Morgan fingerprint density at radius 1 is 1.69 bits per heavy atom. The summed E-state index contributed by atoms with van der Waals surface area (Å²) in [5.41, 5.74) is 6.09. The molecular formula is C10H18N2O. The van der Waals surface area contributed by atoms with Gasteiger partial charge in [0, 0.05) is 20.0 Å². The average molecular weight is 182 g/mol. The molecule has 1 aliphatic carbocycles. The van der Waals surface area contributed by atoms with E-state index in [-0.39, 0.29) is 5.91 Å². The van der Waals surface area contributed by atoms with Gasteiger partial charge in [0.15, 0.2) is 0 Å². The zero-order valence-electron chi connectivity index (χ0n) is 8.25. The van der Waals surface area contributed by atoms with Crippen molar-refractivity contribution in [1.82, 2.24) is 4.90 Å². The number of nitrogens with zero attached hydrogens (tertiary/aromatic N) is 1. The Balaban J connectivity index is 1.98. The van der Waals surface area contributed by atoms with Crippen LogP contribution >= 0.6 is 0 Å². The SMILES string of the molecule is CC(=O)N1CCCC2(CC2CN)C1. The van der Waals surface area contributed by atoms with Crippen LogP contribution in [0.15, 0.2) is 0 Å². The maximum Gasteiger partial charge on any atom is 0.219 e. The smallest absolute Gasteiger partial charge is 0.219 e. The van der Waals surface area contributed by atoms with E-state index in [0.717, 1.165) is 26.1 Å². The Morgan fingerprint density at radius 2 is 2.46 bits per heavy atom. The van der Waals surface area contributed by atoms with Crippen molar-refractivity contribution < 1.29 is 4.79 Å². The highest BCUT2D eigenvalue weighted by atomic mass is 16.2. The van der Waals surface area contributed by atoms with Crippen LogP contribution in [-0.2, 0) is 4.79 Å². The lowest BCUT2D eigenvalue weighted by Gasteiger charge is -2.33. The topological polar surface area (TPSA) is 46.3 Å². The highest BCUT2D eigenvalue weighted by molar-refractivity contribution is 5.73. The third-order valence-corrected chi connectivity index (χ3v) is 3.70. The van der Waals surface area contributed by atoms with Crippen molar-refractivity contribution in [3.8, 4) is 0 Å². The maximum absolute atomic E-state index is 11.2. The summed E-state index contributed by atoms with van der Waals surface area (Å²) in [5, 5.41) is 0. The van der Waals surface area contributed by atoms with Crippen LogP contribution in [0, 0.1) is 11.3 Å². The minimum absolute atomic E-state index is 0.224. The second-order valence-electron chi connectivity index (χ2n) is 4.54. The molecule has 1 spiro atoms. The molecule has 0 aromatic heterocycles. The van der Waals surface area contributed by atoms with E-state index in [2.05, 4.69) is 0 Å². The monoisotopic (exact) mass is 182 g/mol. The van der Waals surface area contributed by atoms with Gasteiger partial charge in [0.1, 0.15) is 0 Å². The molecule has 1 amide bonds. The van der Waals surface area contributed by atoms with Crippen molar-refractivity contribution in [2.45, 2.75) is 26.2 Å². The zero-order chi connectivity index (χ0) is 9.47. The first-order valence-corrected chi connectivity index (χ1v) is 5.13. The summed E-state index contributed by atoms with van der Waals surface area (Å²) >= 11 is 0. The molecule has 1 heterocycles. The first-order chi connectivity index (χ1) is 6.18. The fraction of sp³-hybridized carbons (Fsp3) is 0.900. The fourth-order valence-corrected chi connectivity index (χ4v) is 2.69. The average Bonchev–Trinajstić information content (AvgIpc) is 2.78. The van der Waals surface area contributed by atoms with Gasteiger partial charge in [-0.25, -0.2) is 0 Å². The molecule has 1 saturated heterocycles. The molecule has 0 aromatic carbocycles. The van der Waals surface area contributed by atoms with Gasteiger partial charge >= 0.3 is 0 Å². The van der Waals surface area contributed by atoms with E-state index in [1.807, 2.05) is 4.90 Å². The quantitative estimate of drug-likeness (QED) is 0.645. The van der Waals surface area contributed by atoms with Crippen molar-refractivity contribution in [1.29, 1.82) is 0 Å². The highest BCUT2D eigenvalue weighted by Crippen LogP contribution is 2.57. The first-order valence-electron chi connectivity index (χ1n) is 5.13. The molecule has 0 aromatic rings. The van der Waals surface area contributed by atoms with E-state index in [1.165, 1.54) is 12.8 Å². The molecule has 2 atom stereocenters. The number of amides is 1. The third-order valence-electron chi connectivity index (χ3n) is 3.70. The Hall–Kier alpha value is -0.570. The standard InChI is InChI=1S/C10H18N2O/c1-8(13)12-4-2-3-10(7-12)5-9(10)6-11/h9H,2-7,11H2,1H3. The van der Waals surface area contributed by atoms with Crippen molar-refractivity contribution in [2.75, 3.05) is 19.6 Å². The number of piperidine rings is 1. The molecule has 0 bridgehead atoms. The summed E-state index contributed by atoms with van der Waals surface area (Å²) in [7, 11) is 0. The number of carbonyl (C=O) groups excluding carboxylic acids is 1. The summed E-state index contributed by atoms with van der Waals surface area (Å²) < 4.78 is 0. The molecule has 2 N–H and O–H groups in total. The van der Waals surface area contributed by atoms with Crippen LogP contribution in [0.25, 0.3) is 0 Å². The number of rotatable bonds is 1. The van der Waals surface area contributed by atoms with Gasteiger partial charge in [0.2, 0.25) is 5.91 Å². The van der Waals surface area contributed by atoms with Gasteiger partial charge in [-0.1, -0.05) is 0 Å². The van der Waals surface area contributed by atoms with Gasteiger partial charge in [0.05, 0.1) is 0 Å². The maximum atomic E-state index is 11.2. The summed E-state index contributed by atoms with van der Waals surface area (Å²) in [5.74, 6) is 0.913. The largest absolute Gasteiger partial charge is 0.342 e. The van der Waals surface area contributed by atoms with E-state index in [4.69, 9.17) is 5.73 Å². The lowest BCUT2D eigenvalue weighted by Crippen LogP contribution is -2.40. The van der Waals surface area contributed by atoms with Crippen molar-refractivity contribution in [2.24, 2.45) is 17.1 Å². The van der Waals surface area contributed by atoms with Crippen LogP contribution in [0.1, 0.15) is 26.2 Å². The predicted octanol–water partition coefficient (Wildman–Crippen LogP) is 0.594. The Kier molecular flexibility index (Phi) is 2.06. The molecular weight excluding hydrogens is 164 g/mol. The van der Waals surface area contributed by atoms with Crippen molar-refractivity contribution >= 4 is 5.91 Å². The van der Waals surface area contributed by atoms with E-state index in [1.54, 1.807) is 6.92 Å². The van der Waals surface area contributed by atoms with E-state index in [9.17, 15) is 4.79 Å². The van der Waals surface area contributed by atoms with Crippen LogP contribution in [0.3, 0.4) is 0 Å². The molecule has 2 rings (SSSR count). The molecule has 3 heteroatoms. The molecule has 1 saturated carbocycles. The van der Waals surface area contributed by atoms with Gasteiger partial charge in [-0.3, -0.25) is 4.79 Å². The summed E-state index contributed by atoms with van der Waals surface area (Å²) in [6.07, 6.45) is 3.68. The molecule has 0 radical (unpaired) electrons. The highest BCUT2D eigenvalue weighted by Gasteiger charge is 2.54. The lowest BCUT2D eigenvalue weighted by atomic mass is 9.92. The van der Waals surface area contributed by atoms with Gasteiger partial charge in [-0.2, -0.15) is 0 Å². The normalized spacial score (nSPS) is 38.0. The van der Waals surface area contributed by atoms with E-state index < -0.39 is 0 Å². The summed E-state index contributed by atoms with van der Waals surface area (Å²) in [6.45, 7) is 4.38. The van der Waals surface area contributed by atoms with Crippen LogP contribution in [0.5, 0.6) is 0 Å². The van der Waals surface area contributed by atoms with Gasteiger partial charge < -0.3 is 10.6 Å². The number of nitrogens with two attached hydrogens (primary N) is 1. The van der Waals surface area contributed by atoms with E-state index >= 15 is 0 Å². The Morgan fingerprint density at radius 3 is 3.00 bits per heavy atom. The molecule has 74 valence electrons. The van der Waals surface area contributed by atoms with Crippen LogP contribution in [0.4, 0.5) is 0 Å². The molecule has 1 aliphatic heterocycles. The number of carbonyl (C=O) groups is 1. The molecule has 2 unspecified atom stereocenters. The number of hydrogen-bond acceptors (Lipinski definition) is 2. The minimum Gasteiger partial charge on any atom is -0.342 e. The van der Waals surface area contributed by atoms with Gasteiger partial charge in [-0.05, 0) is 37.1 Å². The second kappa shape index (κ2) is 2.98. The lowest BCUT2D eigenvalue weighted by molar-refractivity contribution is -0.131. The zero-order valence-corrected chi connectivity index (χ0v) is 8.25. The van der Waals surface area contributed by atoms with Crippen LogP contribution < -0.4 is 5.73 Å². The fourth-order valence-electron chi connectivity index (χ4n) is 2.69. The predicted molar refractivity (Wildman–Crippen MR) is 51.1 cm³/mol. The third kappa shape index (κ3) is 1.46. The Bertz CT molecular complexity index is 229. The van der Waals surface area contributed by atoms with Gasteiger partial charge in [0.25, 0.3) is 0 Å². The molecule has 2 aliphatic rings. The number of hydrogen-bond donors (Lipinski definition) is 1. The Labute approximate surface area is 79.3 Å². The first kappa shape index (κ1) is 9.00. The summed E-state index contributed by atoms with van der Waals surface area (Å²) in [4.78, 5) is 13.2. The van der Waals surface area contributed by atoms with Crippen molar-refractivity contribution in [3.05, 3.63) is 0 Å². The van der Waals surface area contributed by atoms with Crippen molar-refractivity contribution in [3.63, 3.8) is 0 Å². The molecule has 2 fully saturated rings. The van der Waals surface area contributed by atoms with Crippen LogP contribution in [-0.4, -0.2) is 30.4 Å². The second-order valence-corrected chi connectivity index (χ2v) is 4.54. The number of likely N-dealkylation sites (tertiary alicyclic amines) is 1. The molecule has 3 nitrogen and oxygen atoms in total. The van der Waals surface area contributed by atoms with Crippen LogP contribution in [0.2, 0.25) is 0 Å². The summed E-state index contributed by atoms with van der Waals surface area (Å²) in [6, 6.07) is 0. The van der Waals surface area contributed by atoms with E-state index in [0.29, 0.717) is 11.3 Å².